The van der Waals surface area contributed by atoms with Gasteiger partial charge in [-0.2, -0.15) is 0 Å². The SMILES string of the molecule is Cc1ccc(C)c(-c2cc3cccc(C)c3[nH]2)c1. The summed E-state index contributed by atoms with van der Waals surface area (Å²) in [5.74, 6) is 0. The fourth-order valence-electron chi connectivity index (χ4n) is 2.48. The number of aryl methyl sites for hydroxylation is 3. The molecule has 1 aromatic heterocycles. The molecule has 0 spiro atoms. The molecule has 0 fully saturated rings. The highest BCUT2D eigenvalue weighted by atomic mass is 14.7. The quantitative estimate of drug-likeness (QED) is 0.626. The summed E-state index contributed by atoms with van der Waals surface area (Å²) >= 11 is 0. The number of benzene rings is 2. The molecule has 0 aliphatic rings. The summed E-state index contributed by atoms with van der Waals surface area (Å²) in [5.41, 5.74) is 7.65. The third kappa shape index (κ3) is 1.72. The van der Waals surface area contributed by atoms with Crippen LogP contribution in [0.5, 0.6) is 0 Å². The van der Waals surface area contributed by atoms with E-state index in [2.05, 4.69) is 68.2 Å². The molecule has 0 radical (unpaired) electrons. The van der Waals surface area contributed by atoms with Gasteiger partial charge in [-0.25, -0.2) is 0 Å². The lowest BCUT2D eigenvalue weighted by molar-refractivity contribution is 1.35. The Morgan fingerprint density at radius 2 is 1.67 bits per heavy atom. The van der Waals surface area contributed by atoms with Crippen LogP contribution in [-0.2, 0) is 0 Å². The summed E-state index contributed by atoms with van der Waals surface area (Å²) in [6.07, 6.45) is 0. The van der Waals surface area contributed by atoms with Crippen LogP contribution in [0.1, 0.15) is 16.7 Å². The van der Waals surface area contributed by atoms with Crippen LogP contribution in [-0.4, -0.2) is 4.98 Å². The van der Waals surface area contributed by atoms with Crippen molar-refractivity contribution in [3.05, 3.63) is 59.2 Å². The van der Waals surface area contributed by atoms with Gasteiger partial charge in [0.1, 0.15) is 0 Å². The first-order chi connectivity index (χ1) is 8.65. The molecule has 1 N–H and O–H groups in total. The maximum Gasteiger partial charge on any atom is 0.0488 e. The maximum absolute atomic E-state index is 3.55. The smallest absolute Gasteiger partial charge is 0.0488 e. The van der Waals surface area contributed by atoms with Gasteiger partial charge in [0.15, 0.2) is 0 Å². The number of rotatable bonds is 1. The molecule has 1 heterocycles. The summed E-state index contributed by atoms with van der Waals surface area (Å²) in [7, 11) is 0. The molecular formula is C17H17N. The second-order valence-electron chi connectivity index (χ2n) is 5.04. The van der Waals surface area contributed by atoms with Crippen LogP contribution in [0.15, 0.2) is 42.5 Å². The Kier molecular flexibility index (Phi) is 2.48. The van der Waals surface area contributed by atoms with Gasteiger partial charge in [-0.1, -0.05) is 35.9 Å². The highest BCUT2D eigenvalue weighted by Gasteiger charge is 2.07. The van der Waals surface area contributed by atoms with Crippen LogP contribution in [0.2, 0.25) is 0 Å². The number of hydrogen-bond acceptors (Lipinski definition) is 0. The summed E-state index contributed by atoms with van der Waals surface area (Å²) in [6, 6.07) is 15.2. The Bertz CT molecular complexity index is 720. The third-order valence-corrected chi connectivity index (χ3v) is 3.55. The largest absolute Gasteiger partial charge is 0.354 e. The zero-order valence-corrected chi connectivity index (χ0v) is 11.0. The van der Waals surface area contributed by atoms with Crippen molar-refractivity contribution in [3.63, 3.8) is 0 Å². The Morgan fingerprint density at radius 3 is 2.44 bits per heavy atom. The first-order valence-corrected chi connectivity index (χ1v) is 6.31. The van der Waals surface area contributed by atoms with E-state index >= 15 is 0 Å². The van der Waals surface area contributed by atoms with Crippen molar-refractivity contribution in [2.45, 2.75) is 20.8 Å². The summed E-state index contributed by atoms with van der Waals surface area (Å²) in [5, 5.41) is 1.28. The minimum atomic E-state index is 1.21. The van der Waals surface area contributed by atoms with E-state index in [0.29, 0.717) is 0 Å². The van der Waals surface area contributed by atoms with Crippen LogP contribution >= 0.6 is 0 Å². The summed E-state index contributed by atoms with van der Waals surface area (Å²) < 4.78 is 0. The van der Waals surface area contributed by atoms with Gasteiger partial charge >= 0.3 is 0 Å². The average molecular weight is 235 g/mol. The van der Waals surface area contributed by atoms with E-state index in [0.717, 1.165) is 0 Å². The number of hydrogen-bond donors (Lipinski definition) is 1. The Morgan fingerprint density at radius 1 is 0.833 bits per heavy atom. The van der Waals surface area contributed by atoms with Gasteiger partial charge in [0.05, 0.1) is 0 Å². The van der Waals surface area contributed by atoms with Crippen LogP contribution in [0, 0.1) is 20.8 Å². The normalized spacial score (nSPS) is 11.1. The van der Waals surface area contributed by atoms with Gasteiger partial charge in [0.25, 0.3) is 0 Å². The molecule has 1 nitrogen and oxygen atoms in total. The second-order valence-corrected chi connectivity index (χ2v) is 5.04. The molecule has 3 aromatic rings. The van der Waals surface area contributed by atoms with E-state index in [1.165, 1.54) is 38.9 Å². The first-order valence-electron chi connectivity index (χ1n) is 6.31. The van der Waals surface area contributed by atoms with E-state index in [1.807, 2.05) is 0 Å². The molecule has 0 aliphatic carbocycles. The molecule has 0 saturated carbocycles. The zero-order valence-electron chi connectivity index (χ0n) is 11.0. The molecule has 0 bridgehead atoms. The maximum atomic E-state index is 3.55. The van der Waals surface area contributed by atoms with Gasteiger partial charge in [-0.15, -0.1) is 0 Å². The fourth-order valence-corrected chi connectivity index (χ4v) is 2.48. The molecule has 90 valence electrons. The lowest BCUT2D eigenvalue weighted by Gasteiger charge is -2.04. The predicted octanol–water partition coefficient (Wildman–Crippen LogP) is 4.76. The van der Waals surface area contributed by atoms with Gasteiger partial charge < -0.3 is 4.98 Å². The van der Waals surface area contributed by atoms with E-state index in [-0.39, 0.29) is 0 Å². The van der Waals surface area contributed by atoms with Crippen molar-refractivity contribution in [1.29, 1.82) is 0 Å². The molecule has 0 amide bonds. The number of H-pyrrole nitrogens is 1. The minimum absolute atomic E-state index is 1.21. The van der Waals surface area contributed by atoms with Crippen LogP contribution in [0.4, 0.5) is 0 Å². The molecule has 0 atom stereocenters. The predicted molar refractivity (Wildman–Crippen MR) is 77.9 cm³/mol. The number of nitrogens with one attached hydrogen (secondary N) is 1. The van der Waals surface area contributed by atoms with E-state index in [1.54, 1.807) is 0 Å². The number of aromatic nitrogens is 1. The van der Waals surface area contributed by atoms with Crippen molar-refractivity contribution >= 4 is 10.9 Å². The van der Waals surface area contributed by atoms with Gasteiger partial charge in [-0.3, -0.25) is 0 Å². The molecule has 3 rings (SSSR count). The highest BCUT2D eigenvalue weighted by molar-refractivity contribution is 5.88. The molecule has 0 unspecified atom stereocenters. The Balaban J connectivity index is 2.26. The van der Waals surface area contributed by atoms with Crippen molar-refractivity contribution in [2.75, 3.05) is 0 Å². The highest BCUT2D eigenvalue weighted by Crippen LogP contribution is 2.28. The minimum Gasteiger partial charge on any atom is -0.354 e. The molecule has 18 heavy (non-hydrogen) atoms. The summed E-state index contributed by atoms with van der Waals surface area (Å²) in [6.45, 7) is 6.44. The first kappa shape index (κ1) is 11.1. The van der Waals surface area contributed by atoms with E-state index in [4.69, 9.17) is 0 Å². The van der Waals surface area contributed by atoms with Gasteiger partial charge in [0, 0.05) is 22.2 Å². The number of fused-ring (bicyclic) bond motifs is 1. The summed E-state index contributed by atoms with van der Waals surface area (Å²) in [4.78, 5) is 3.55. The van der Waals surface area contributed by atoms with Gasteiger partial charge in [-0.05, 0) is 44.0 Å². The molecule has 0 saturated heterocycles. The van der Waals surface area contributed by atoms with E-state index < -0.39 is 0 Å². The van der Waals surface area contributed by atoms with Crippen molar-refractivity contribution in [2.24, 2.45) is 0 Å². The van der Waals surface area contributed by atoms with E-state index in [9.17, 15) is 0 Å². The standard InChI is InChI=1S/C17H17N/c1-11-7-8-12(2)15(9-11)16-10-14-6-4-5-13(3)17(14)18-16/h4-10,18H,1-3H3. The average Bonchev–Trinajstić information content (AvgIpc) is 2.77. The van der Waals surface area contributed by atoms with Crippen LogP contribution in [0.3, 0.4) is 0 Å². The Labute approximate surface area is 107 Å². The molecule has 0 aliphatic heterocycles. The van der Waals surface area contributed by atoms with Gasteiger partial charge in [0.2, 0.25) is 0 Å². The van der Waals surface area contributed by atoms with Crippen molar-refractivity contribution in [3.8, 4) is 11.3 Å². The lowest BCUT2D eigenvalue weighted by Crippen LogP contribution is -1.84. The second kappa shape index (κ2) is 4.02. The number of para-hydroxylation sites is 1. The Hall–Kier alpha value is -2.02. The molecular weight excluding hydrogens is 218 g/mol. The third-order valence-electron chi connectivity index (χ3n) is 3.55. The molecule has 1 heteroatoms. The van der Waals surface area contributed by atoms with Crippen LogP contribution < -0.4 is 0 Å². The van der Waals surface area contributed by atoms with Crippen LogP contribution in [0.25, 0.3) is 22.2 Å². The fraction of sp³-hybridized carbons (Fsp3) is 0.176. The topological polar surface area (TPSA) is 15.8 Å². The molecule has 2 aromatic carbocycles. The lowest BCUT2D eigenvalue weighted by atomic mass is 10.0. The van der Waals surface area contributed by atoms with Crippen molar-refractivity contribution < 1.29 is 0 Å². The zero-order chi connectivity index (χ0) is 12.7. The van der Waals surface area contributed by atoms with Crippen molar-refractivity contribution in [1.82, 2.24) is 4.98 Å². The monoisotopic (exact) mass is 235 g/mol. The number of aromatic amines is 1.